The number of thiophene rings is 1. The topological polar surface area (TPSA) is 66.4 Å². The lowest BCUT2D eigenvalue weighted by Crippen LogP contribution is -2.46. The van der Waals surface area contributed by atoms with Crippen LogP contribution >= 0.6 is 11.3 Å². The van der Waals surface area contributed by atoms with Gasteiger partial charge in [0.15, 0.2) is 0 Å². The summed E-state index contributed by atoms with van der Waals surface area (Å²) in [7, 11) is -3.56. The molecule has 0 spiro atoms. The van der Waals surface area contributed by atoms with E-state index in [9.17, 15) is 13.5 Å². The van der Waals surface area contributed by atoms with Gasteiger partial charge in [0.2, 0.25) is 10.0 Å². The fraction of sp³-hybridized carbons (Fsp3) is 0.538. The Balaban J connectivity index is 2.91. The van der Waals surface area contributed by atoms with E-state index in [1.54, 1.807) is 23.6 Å². The summed E-state index contributed by atoms with van der Waals surface area (Å²) < 4.78 is 27.3. The molecule has 0 aliphatic carbocycles. The van der Waals surface area contributed by atoms with E-state index in [-0.39, 0.29) is 10.1 Å². The quantitative estimate of drug-likeness (QED) is 0.725. The van der Waals surface area contributed by atoms with Crippen molar-refractivity contribution in [1.29, 1.82) is 0 Å². The van der Waals surface area contributed by atoms with E-state index in [4.69, 9.17) is 0 Å². The van der Waals surface area contributed by atoms with Gasteiger partial charge in [-0.3, -0.25) is 0 Å². The SMILES string of the molecule is C=CC[C@H](O)C(NS(=O)(=O)c1cccs1)[C@@H](C)CC. The van der Waals surface area contributed by atoms with Gasteiger partial charge in [0.25, 0.3) is 0 Å². The van der Waals surface area contributed by atoms with Gasteiger partial charge >= 0.3 is 0 Å². The summed E-state index contributed by atoms with van der Waals surface area (Å²) in [5.41, 5.74) is 0. The van der Waals surface area contributed by atoms with Crippen molar-refractivity contribution in [2.45, 2.75) is 43.0 Å². The summed E-state index contributed by atoms with van der Waals surface area (Å²) >= 11 is 1.16. The van der Waals surface area contributed by atoms with Crippen molar-refractivity contribution in [3.63, 3.8) is 0 Å². The first-order chi connectivity index (χ1) is 8.92. The van der Waals surface area contributed by atoms with Gasteiger partial charge in [-0.15, -0.1) is 17.9 Å². The molecule has 1 aromatic rings. The molecule has 1 rings (SSSR count). The molecule has 0 radical (unpaired) electrons. The molecule has 19 heavy (non-hydrogen) atoms. The van der Waals surface area contributed by atoms with Crippen LogP contribution in [0.5, 0.6) is 0 Å². The van der Waals surface area contributed by atoms with Gasteiger partial charge in [-0.2, -0.15) is 0 Å². The number of aliphatic hydroxyl groups excluding tert-OH is 1. The lowest BCUT2D eigenvalue weighted by Gasteiger charge is -2.28. The molecule has 4 nitrogen and oxygen atoms in total. The molecule has 1 heterocycles. The molecular weight excluding hydrogens is 282 g/mol. The smallest absolute Gasteiger partial charge is 0.250 e. The van der Waals surface area contributed by atoms with Crippen molar-refractivity contribution in [1.82, 2.24) is 4.72 Å². The van der Waals surface area contributed by atoms with E-state index in [1.165, 1.54) is 0 Å². The fourth-order valence-corrected chi connectivity index (χ4v) is 4.19. The Hall–Kier alpha value is -0.690. The van der Waals surface area contributed by atoms with Crippen LogP contribution in [0.25, 0.3) is 0 Å². The van der Waals surface area contributed by atoms with E-state index >= 15 is 0 Å². The highest BCUT2D eigenvalue weighted by atomic mass is 32.2. The van der Waals surface area contributed by atoms with Crippen LogP contribution < -0.4 is 4.72 Å². The molecule has 0 saturated carbocycles. The molecule has 0 saturated heterocycles. The number of sulfonamides is 1. The number of nitrogens with one attached hydrogen (secondary N) is 1. The number of hydrogen-bond donors (Lipinski definition) is 2. The largest absolute Gasteiger partial charge is 0.391 e. The second kappa shape index (κ2) is 7.19. The molecule has 0 fully saturated rings. The third kappa shape index (κ3) is 4.42. The van der Waals surface area contributed by atoms with Gasteiger partial charge in [0.1, 0.15) is 4.21 Å². The van der Waals surface area contributed by atoms with Crippen LogP contribution in [-0.4, -0.2) is 25.7 Å². The highest BCUT2D eigenvalue weighted by molar-refractivity contribution is 7.91. The van der Waals surface area contributed by atoms with Crippen molar-refractivity contribution in [3.8, 4) is 0 Å². The Bertz CT molecular complexity index is 482. The summed E-state index contributed by atoms with van der Waals surface area (Å²) in [6.07, 6.45) is 1.98. The third-order valence-corrected chi connectivity index (χ3v) is 5.99. The molecule has 1 unspecified atom stereocenters. The van der Waals surface area contributed by atoms with Gasteiger partial charge in [-0.05, 0) is 23.8 Å². The second-order valence-electron chi connectivity index (χ2n) is 4.56. The number of aliphatic hydroxyl groups is 1. The van der Waals surface area contributed by atoms with E-state index in [2.05, 4.69) is 11.3 Å². The molecule has 0 aliphatic heterocycles. The van der Waals surface area contributed by atoms with Crippen LogP contribution in [0, 0.1) is 5.92 Å². The Morgan fingerprint density at radius 2 is 2.26 bits per heavy atom. The minimum atomic E-state index is -3.56. The Morgan fingerprint density at radius 3 is 2.74 bits per heavy atom. The highest BCUT2D eigenvalue weighted by Gasteiger charge is 2.29. The standard InChI is InChI=1S/C13H21NO3S2/c1-4-7-11(15)13(10(3)5-2)14-19(16,17)12-8-6-9-18-12/h4,6,8-11,13-15H,1,5,7H2,2-3H3/t10-,11-,13?/m0/s1. The van der Waals surface area contributed by atoms with Gasteiger partial charge in [-0.25, -0.2) is 13.1 Å². The summed E-state index contributed by atoms with van der Waals surface area (Å²) in [5.74, 6) is 0.0460. The molecule has 108 valence electrons. The van der Waals surface area contributed by atoms with Crippen molar-refractivity contribution >= 4 is 21.4 Å². The fourth-order valence-electron chi connectivity index (χ4n) is 1.80. The second-order valence-corrected chi connectivity index (χ2v) is 7.44. The molecule has 0 aromatic carbocycles. The minimum absolute atomic E-state index is 0.0460. The van der Waals surface area contributed by atoms with Crippen molar-refractivity contribution < 1.29 is 13.5 Å². The van der Waals surface area contributed by atoms with Gasteiger partial charge < -0.3 is 5.11 Å². The van der Waals surface area contributed by atoms with E-state index in [0.29, 0.717) is 6.42 Å². The maximum atomic E-state index is 12.2. The van der Waals surface area contributed by atoms with Gasteiger partial charge in [0, 0.05) is 0 Å². The maximum absolute atomic E-state index is 12.2. The summed E-state index contributed by atoms with van der Waals surface area (Å²) in [4.78, 5) is 0. The predicted molar refractivity (Wildman–Crippen MR) is 78.7 cm³/mol. The first-order valence-corrected chi connectivity index (χ1v) is 8.63. The molecule has 3 atom stereocenters. The van der Waals surface area contributed by atoms with Crippen LogP contribution in [0.4, 0.5) is 0 Å². The lowest BCUT2D eigenvalue weighted by atomic mass is 9.94. The monoisotopic (exact) mass is 303 g/mol. The Morgan fingerprint density at radius 1 is 1.58 bits per heavy atom. The van der Waals surface area contributed by atoms with Crippen molar-refractivity contribution in [2.24, 2.45) is 5.92 Å². The van der Waals surface area contributed by atoms with E-state index in [0.717, 1.165) is 17.8 Å². The van der Waals surface area contributed by atoms with E-state index < -0.39 is 22.2 Å². The van der Waals surface area contributed by atoms with Crippen LogP contribution in [0.1, 0.15) is 26.7 Å². The number of rotatable bonds is 8. The van der Waals surface area contributed by atoms with Gasteiger partial charge in [-0.1, -0.05) is 32.4 Å². The zero-order valence-electron chi connectivity index (χ0n) is 11.2. The predicted octanol–water partition coefficient (Wildman–Crippen LogP) is 2.38. The summed E-state index contributed by atoms with van der Waals surface area (Å²) in [5, 5.41) is 11.8. The lowest BCUT2D eigenvalue weighted by molar-refractivity contribution is 0.114. The molecular formula is C13H21NO3S2. The Labute approximate surface area is 119 Å². The van der Waals surface area contributed by atoms with Crippen molar-refractivity contribution in [3.05, 3.63) is 30.2 Å². The highest BCUT2D eigenvalue weighted by Crippen LogP contribution is 2.20. The summed E-state index contributed by atoms with van der Waals surface area (Å²) in [6.45, 7) is 7.47. The minimum Gasteiger partial charge on any atom is -0.391 e. The van der Waals surface area contributed by atoms with E-state index in [1.807, 2.05) is 13.8 Å². The molecule has 1 aromatic heterocycles. The Kier molecular flexibility index (Phi) is 6.19. The van der Waals surface area contributed by atoms with Crippen LogP contribution in [0.15, 0.2) is 34.4 Å². The van der Waals surface area contributed by atoms with Crippen LogP contribution in [0.3, 0.4) is 0 Å². The normalized spacial score (nSPS) is 16.8. The molecule has 2 N–H and O–H groups in total. The molecule has 6 heteroatoms. The zero-order chi connectivity index (χ0) is 14.5. The molecule has 0 bridgehead atoms. The zero-order valence-corrected chi connectivity index (χ0v) is 12.9. The maximum Gasteiger partial charge on any atom is 0.250 e. The van der Waals surface area contributed by atoms with Gasteiger partial charge in [0.05, 0.1) is 12.1 Å². The van der Waals surface area contributed by atoms with Crippen LogP contribution in [-0.2, 0) is 10.0 Å². The molecule has 0 amide bonds. The average molecular weight is 303 g/mol. The molecule has 0 aliphatic rings. The first kappa shape index (κ1) is 16.4. The van der Waals surface area contributed by atoms with Crippen LogP contribution in [0.2, 0.25) is 0 Å². The third-order valence-electron chi connectivity index (χ3n) is 3.13. The first-order valence-electron chi connectivity index (χ1n) is 6.27. The number of hydrogen-bond acceptors (Lipinski definition) is 4. The average Bonchev–Trinajstić information content (AvgIpc) is 2.90. The van der Waals surface area contributed by atoms with Crippen molar-refractivity contribution in [2.75, 3.05) is 0 Å². The summed E-state index contributed by atoms with van der Waals surface area (Å²) in [6, 6.07) is 2.74.